The van der Waals surface area contributed by atoms with Gasteiger partial charge in [0.15, 0.2) is 5.92 Å². The number of carbonyl (C=O) groups excluding carboxylic acids is 1. The highest BCUT2D eigenvalue weighted by Gasteiger charge is 2.21. The Labute approximate surface area is 130 Å². The highest BCUT2D eigenvalue weighted by Crippen LogP contribution is 2.24. The van der Waals surface area contributed by atoms with Crippen LogP contribution in [0.5, 0.6) is 5.75 Å². The zero-order chi connectivity index (χ0) is 16.1. The van der Waals surface area contributed by atoms with Gasteiger partial charge >= 0.3 is 0 Å². The molecule has 0 aliphatic heterocycles. The first-order valence-corrected chi connectivity index (χ1v) is 6.97. The number of hydrogen-bond donors (Lipinski definition) is 1. The van der Waals surface area contributed by atoms with Gasteiger partial charge in [-0.25, -0.2) is 0 Å². The lowest BCUT2D eigenvalue weighted by atomic mass is 9.99. The van der Waals surface area contributed by atoms with Crippen LogP contribution in [0.1, 0.15) is 22.6 Å². The third-order valence-electron chi connectivity index (χ3n) is 3.57. The second-order valence-electron chi connectivity index (χ2n) is 5.09. The van der Waals surface area contributed by atoms with Gasteiger partial charge in [0.2, 0.25) is 5.91 Å². The zero-order valence-corrected chi connectivity index (χ0v) is 12.9. The quantitative estimate of drug-likeness (QED) is 0.937. The Morgan fingerprint density at radius 1 is 1.14 bits per heavy atom. The summed E-state index contributed by atoms with van der Waals surface area (Å²) < 4.78 is 5.09. The third kappa shape index (κ3) is 3.26. The summed E-state index contributed by atoms with van der Waals surface area (Å²) in [6.07, 6.45) is 0. The SMILES string of the molecule is COc1ccc(C(C#N)C(=O)Nc2c(C)cccc2C)cc1. The molecule has 0 saturated heterocycles. The van der Waals surface area contributed by atoms with Crippen LogP contribution in [0.25, 0.3) is 0 Å². The molecule has 0 fully saturated rings. The van der Waals surface area contributed by atoms with Crippen molar-refractivity contribution in [3.8, 4) is 11.8 Å². The van der Waals surface area contributed by atoms with E-state index in [4.69, 9.17) is 4.74 Å². The van der Waals surface area contributed by atoms with E-state index in [2.05, 4.69) is 11.4 Å². The summed E-state index contributed by atoms with van der Waals surface area (Å²) in [5.74, 6) is -0.495. The first kappa shape index (κ1) is 15.6. The predicted octanol–water partition coefficient (Wildman–Crippen LogP) is 3.56. The fourth-order valence-corrected chi connectivity index (χ4v) is 2.29. The molecule has 0 aliphatic carbocycles. The van der Waals surface area contributed by atoms with Crippen molar-refractivity contribution in [3.05, 3.63) is 59.2 Å². The molecule has 112 valence electrons. The summed E-state index contributed by atoms with van der Waals surface area (Å²) in [6, 6.07) is 14.8. The number of methoxy groups -OCH3 is 1. The topological polar surface area (TPSA) is 62.1 Å². The lowest BCUT2D eigenvalue weighted by Crippen LogP contribution is -2.21. The first-order chi connectivity index (χ1) is 10.6. The van der Waals surface area contributed by atoms with E-state index in [9.17, 15) is 10.1 Å². The molecule has 1 N–H and O–H groups in total. The molecule has 4 heteroatoms. The molecule has 2 rings (SSSR count). The Kier molecular flexibility index (Phi) is 4.80. The molecule has 0 radical (unpaired) electrons. The van der Waals surface area contributed by atoms with Crippen molar-refractivity contribution in [1.29, 1.82) is 5.26 Å². The van der Waals surface area contributed by atoms with Crippen LogP contribution >= 0.6 is 0 Å². The largest absolute Gasteiger partial charge is 0.497 e. The molecule has 0 spiro atoms. The molecular weight excluding hydrogens is 276 g/mol. The minimum atomic E-state index is -0.857. The summed E-state index contributed by atoms with van der Waals surface area (Å²) in [4.78, 5) is 12.4. The summed E-state index contributed by atoms with van der Waals surface area (Å²) in [5.41, 5.74) is 3.35. The molecule has 2 aromatic carbocycles. The van der Waals surface area contributed by atoms with Gasteiger partial charge in [0.1, 0.15) is 5.75 Å². The van der Waals surface area contributed by atoms with Crippen LogP contribution in [0.2, 0.25) is 0 Å². The van der Waals surface area contributed by atoms with Crippen molar-refractivity contribution >= 4 is 11.6 Å². The smallest absolute Gasteiger partial charge is 0.246 e. The molecule has 0 saturated carbocycles. The van der Waals surface area contributed by atoms with Gasteiger partial charge in [0, 0.05) is 5.69 Å². The Balaban J connectivity index is 2.24. The number of aryl methyl sites for hydroxylation is 2. The Morgan fingerprint density at radius 3 is 2.23 bits per heavy atom. The third-order valence-corrected chi connectivity index (χ3v) is 3.57. The van der Waals surface area contributed by atoms with E-state index in [1.54, 1.807) is 31.4 Å². The molecule has 0 heterocycles. The fraction of sp³-hybridized carbons (Fsp3) is 0.222. The number of para-hydroxylation sites is 1. The van der Waals surface area contributed by atoms with E-state index in [1.807, 2.05) is 32.0 Å². The van der Waals surface area contributed by atoms with E-state index in [0.29, 0.717) is 11.3 Å². The lowest BCUT2D eigenvalue weighted by molar-refractivity contribution is -0.116. The van der Waals surface area contributed by atoms with Gasteiger partial charge < -0.3 is 10.1 Å². The maximum absolute atomic E-state index is 12.4. The minimum absolute atomic E-state index is 0.329. The fourth-order valence-electron chi connectivity index (χ4n) is 2.29. The average molecular weight is 294 g/mol. The van der Waals surface area contributed by atoms with Gasteiger partial charge in [-0.05, 0) is 42.7 Å². The van der Waals surface area contributed by atoms with Crippen LogP contribution in [0.3, 0.4) is 0 Å². The lowest BCUT2D eigenvalue weighted by Gasteiger charge is -2.14. The van der Waals surface area contributed by atoms with E-state index in [0.717, 1.165) is 16.8 Å². The molecule has 0 bridgehead atoms. The number of nitrogens with one attached hydrogen (secondary N) is 1. The molecule has 1 amide bonds. The van der Waals surface area contributed by atoms with Crippen molar-refractivity contribution in [2.75, 3.05) is 12.4 Å². The number of rotatable bonds is 4. The minimum Gasteiger partial charge on any atom is -0.497 e. The standard InChI is InChI=1S/C18H18N2O2/c1-12-5-4-6-13(2)17(12)20-18(21)16(11-19)14-7-9-15(22-3)10-8-14/h4-10,16H,1-3H3,(H,20,21). The van der Waals surface area contributed by atoms with E-state index in [1.165, 1.54) is 0 Å². The van der Waals surface area contributed by atoms with Crippen LogP contribution in [0.4, 0.5) is 5.69 Å². The Hall–Kier alpha value is -2.80. The normalized spacial score (nSPS) is 11.4. The molecule has 0 aliphatic rings. The van der Waals surface area contributed by atoms with Crippen LogP contribution < -0.4 is 10.1 Å². The number of hydrogen-bond acceptors (Lipinski definition) is 3. The number of anilines is 1. The van der Waals surface area contributed by atoms with E-state index < -0.39 is 5.92 Å². The molecule has 1 atom stereocenters. The summed E-state index contributed by atoms with van der Waals surface area (Å²) in [7, 11) is 1.57. The number of benzene rings is 2. The number of ether oxygens (including phenoxy) is 1. The van der Waals surface area contributed by atoms with Gasteiger partial charge in [-0.3, -0.25) is 4.79 Å². The molecule has 22 heavy (non-hydrogen) atoms. The van der Waals surface area contributed by atoms with Gasteiger partial charge in [0.05, 0.1) is 13.2 Å². The van der Waals surface area contributed by atoms with Gasteiger partial charge in [-0.1, -0.05) is 30.3 Å². The second kappa shape index (κ2) is 6.77. The Bertz CT molecular complexity index is 695. The molecule has 1 unspecified atom stereocenters. The predicted molar refractivity (Wildman–Crippen MR) is 85.9 cm³/mol. The van der Waals surface area contributed by atoms with Crippen molar-refractivity contribution in [1.82, 2.24) is 0 Å². The van der Waals surface area contributed by atoms with Crippen molar-refractivity contribution < 1.29 is 9.53 Å². The second-order valence-corrected chi connectivity index (χ2v) is 5.09. The number of carbonyl (C=O) groups is 1. The molecular formula is C18H18N2O2. The van der Waals surface area contributed by atoms with Crippen LogP contribution in [-0.4, -0.2) is 13.0 Å². The van der Waals surface area contributed by atoms with Gasteiger partial charge in [-0.2, -0.15) is 5.26 Å². The van der Waals surface area contributed by atoms with Crippen molar-refractivity contribution in [2.24, 2.45) is 0 Å². The summed E-state index contributed by atoms with van der Waals surface area (Å²) >= 11 is 0. The van der Waals surface area contributed by atoms with E-state index in [-0.39, 0.29) is 5.91 Å². The summed E-state index contributed by atoms with van der Waals surface area (Å²) in [6.45, 7) is 3.86. The van der Waals surface area contributed by atoms with Crippen LogP contribution in [0.15, 0.2) is 42.5 Å². The van der Waals surface area contributed by atoms with Crippen molar-refractivity contribution in [3.63, 3.8) is 0 Å². The number of amides is 1. The molecule has 2 aromatic rings. The maximum Gasteiger partial charge on any atom is 0.246 e. The van der Waals surface area contributed by atoms with E-state index >= 15 is 0 Å². The summed E-state index contributed by atoms with van der Waals surface area (Å²) in [5, 5.41) is 12.2. The Morgan fingerprint density at radius 2 is 1.73 bits per heavy atom. The van der Waals surface area contributed by atoms with Gasteiger partial charge in [0.25, 0.3) is 0 Å². The highest BCUT2D eigenvalue weighted by molar-refractivity contribution is 5.98. The van der Waals surface area contributed by atoms with Crippen molar-refractivity contribution in [2.45, 2.75) is 19.8 Å². The maximum atomic E-state index is 12.4. The highest BCUT2D eigenvalue weighted by atomic mass is 16.5. The van der Waals surface area contributed by atoms with Crippen LogP contribution in [0, 0.1) is 25.2 Å². The van der Waals surface area contributed by atoms with Gasteiger partial charge in [-0.15, -0.1) is 0 Å². The monoisotopic (exact) mass is 294 g/mol. The molecule has 0 aromatic heterocycles. The average Bonchev–Trinajstić information content (AvgIpc) is 2.52. The first-order valence-electron chi connectivity index (χ1n) is 6.97. The number of nitriles is 1. The molecule has 4 nitrogen and oxygen atoms in total. The number of nitrogens with zero attached hydrogens (tertiary/aromatic N) is 1. The zero-order valence-electron chi connectivity index (χ0n) is 12.9. The van der Waals surface area contributed by atoms with Crippen LogP contribution in [-0.2, 0) is 4.79 Å².